The molecule has 0 bridgehead atoms. The highest BCUT2D eigenvalue weighted by molar-refractivity contribution is 8.00. The number of esters is 1. The van der Waals surface area contributed by atoms with Gasteiger partial charge in [-0.15, -0.1) is 0 Å². The third-order valence-corrected chi connectivity index (χ3v) is 3.88. The third-order valence-electron chi connectivity index (χ3n) is 2.68. The minimum Gasteiger partial charge on any atom is -0.463 e. The van der Waals surface area contributed by atoms with Crippen molar-refractivity contribution in [1.82, 2.24) is 0 Å². The molecule has 1 unspecified atom stereocenters. The van der Waals surface area contributed by atoms with Gasteiger partial charge in [-0.1, -0.05) is 60.3 Å². The Kier molecular flexibility index (Phi) is 4.79. The Bertz CT molecular complexity index is 559. The van der Waals surface area contributed by atoms with Crippen molar-refractivity contribution in [3.63, 3.8) is 0 Å². The standard InChI is InChI=1S/C16H15FO2S/c1-2-19-15(18)16(17,13-9-5-3-6-10-13)20-14-11-7-4-8-12-14/h3-12H,2H2,1H3. The van der Waals surface area contributed by atoms with Crippen molar-refractivity contribution < 1.29 is 13.9 Å². The highest BCUT2D eigenvalue weighted by atomic mass is 32.2. The van der Waals surface area contributed by atoms with Gasteiger partial charge in [0.25, 0.3) is 5.00 Å². The topological polar surface area (TPSA) is 26.3 Å². The lowest BCUT2D eigenvalue weighted by Crippen LogP contribution is -2.29. The molecule has 0 saturated heterocycles. The second-order valence-electron chi connectivity index (χ2n) is 4.10. The van der Waals surface area contributed by atoms with E-state index in [2.05, 4.69) is 0 Å². The quantitative estimate of drug-likeness (QED) is 0.611. The van der Waals surface area contributed by atoms with Crippen LogP contribution in [0, 0.1) is 0 Å². The van der Waals surface area contributed by atoms with Gasteiger partial charge in [-0.2, -0.15) is 0 Å². The smallest absolute Gasteiger partial charge is 0.359 e. The van der Waals surface area contributed by atoms with Crippen LogP contribution in [0.2, 0.25) is 0 Å². The Labute approximate surface area is 122 Å². The maximum Gasteiger partial charge on any atom is 0.359 e. The number of hydrogen-bond donors (Lipinski definition) is 0. The first-order valence-electron chi connectivity index (χ1n) is 6.32. The average molecular weight is 290 g/mol. The molecule has 0 radical (unpaired) electrons. The predicted molar refractivity (Wildman–Crippen MR) is 78.2 cm³/mol. The predicted octanol–water partition coefficient (Wildman–Crippen LogP) is 4.16. The summed E-state index contributed by atoms with van der Waals surface area (Å²) >= 11 is 0.851. The van der Waals surface area contributed by atoms with Crippen LogP contribution in [0.3, 0.4) is 0 Å². The molecule has 2 nitrogen and oxygen atoms in total. The highest BCUT2D eigenvalue weighted by Crippen LogP contribution is 2.43. The molecule has 0 heterocycles. The van der Waals surface area contributed by atoms with E-state index >= 15 is 4.39 Å². The molecule has 0 aromatic heterocycles. The largest absolute Gasteiger partial charge is 0.463 e. The zero-order valence-corrected chi connectivity index (χ0v) is 11.9. The van der Waals surface area contributed by atoms with E-state index in [0.29, 0.717) is 4.90 Å². The van der Waals surface area contributed by atoms with Crippen LogP contribution in [0.25, 0.3) is 0 Å². The Morgan fingerprint density at radius 2 is 1.65 bits per heavy atom. The number of thioether (sulfide) groups is 1. The lowest BCUT2D eigenvalue weighted by Gasteiger charge is -2.23. The van der Waals surface area contributed by atoms with Crippen LogP contribution in [0.1, 0.15) is 12.5 Å². The fourth-order valence-corrected chi connectivity index (χ4v) is 2.76. The van der Waals surface area contributed by atoms with Crippen molar-refractivity contribution in [2.45, 2.75) is 16.8 Å². The van der Waals surface area contributed by atoms with E-state index in [4.69, 9.17) is 4.74 Å². The molecular weight excluding hydrogens is 275 g/mol. The van der Waals surface area contributed by atoms with Crippen LogP contribution in [0.4, 0.5) is 4.39 Å². The van der Waals surface area contributed by atoms with Crippen LogP contribution < -0.4 is 0 Å². The zero-order valence-electron chi connectivity index (χ0n) is 11.1. The van der Waals surface area contributed by atoms with Crippen LogP contribution in [0.5, 0.6) is 0 Å². The van der Waals surface area contributed by atoms with Crippen LogP contribution >= 0.6 is 11.8 Å². The summed E-state index contributed by atoms with van der Waals surface area (Å²) in [6.07, 6.45) is 0. The molecule has 2 rings (SSSR count). The Morgan fingerprint density at radius 1 is 1.10 bits per heavy atom. The van der Waals surface area contributed by atoms with Gasteiger partial charge in [0.05, 0.1) is 6.61 Å². The second-order valence-corrected chi connectivity index (χ2v) is 5.33. The molecule has 0 fully saturated rings. The van der Waals surface area contributed by atoms with E-state index < -0.39 is 11.0 Å². The molecule has 0 aliphatic rings. The molecule has 2 aromatic carbocycles. The zero-order chi connectivity index (χ0) is 14.4. The van der Waals surface area contributed by atoms with Crippen molar-refractivity contribution in [1.29, 1.82) is 0 Å². The van der Waals surface area contributed by atoms with Gasteiger partial charge in [0.2, 0.25) is 0 Å². The van der Waals surface area contributed by atoms with Crippen LogP contribution in [0.15, 0.2) is 65.6 Å². The van der Waals surface area contributed by atoms with Gasteiger partial charge < -0.3 is 4.74 Å². The molecule has 2 aromatic rings. The maximum atomic E-state index is 15.3. The first-order valence-corrected chi connectivity index (χ1v) is 7.14. The minimum absolute atomic E-state index is 0.146. The molecule has 1 atom stereocenters. The van der Waals surface area contributed by atoms with E-state index in [9.17, 15) is 4.79 Å². The summed E-state index contributed by atoms with van der Waals surface area (Å²) in [5.41, 5.74) is 0.285. The average Bonchev–Trinajstić information content (AvgIpc) is 2.49. The Balaban J connectivity index is 2.36. The molecule has 0 N–H and O–H groups in total. The van der Waals surface area contributed by atoms with Gasteiger partial charge in [0.1, 0.15) is 0 Å². The van der Waals surface area contributed by atoms with E-state index in [1.54, 1.807) is 61.5 Å². The van der Waals surface area contributed by atoms with Crippen LogP contribution in [-0.4, -0.2) is 12.6 Å². The number of carbonyl (C=O) groups is 1. The lowest BCUT2D eigenvalue weighted by molar-refractivity contribution is -0.151. The fourth-order valence-electron chi connectivity index (χ4n) is 1.75. The van der Waals surface area contributed by atoms with Crippen molar-refractivity contribution in [2.24, 2.45) is 0 Å². The van der Waals surface area contributed by atoms with Crippen molar-refractivity contribution in [3.8, 4) is 0 Å². The Hall–Kier alpha value is -1.81. The third kappa shape index (κ3) is 3.20. The van der Waals surface area contributed by atoms with Gasteiger partial charge in [-0.05, 0) is 19.1 Å². The Morgan fingerprint density at radius 3 is 2.20 bits per heavy atom. The van der Waals surface area contributed by atoms with E-state index in [1.165, 1.54) is 0 Å². The summed E-state index contributed by atoms with van der Waals surface area (Å²) in [4.78, 5) is 12.7. The maximum absolute atomic E-state index is 15.3. The molecular formula is C16H15FO2S. The number of hydrogen-bond acceptors (Lipinski definition) is 3. The molecule has 4 heteroatoms. The molecule has 104 valence electrons. The first-order chi connectivity index (χ1) is 9.66. The highest BCUT2D eigenvalue weighted by Gasteiger charge is 2.43. The van der Waals surface area contributed by atoms with Gasteiger partial charge >= 0.3 is 5.97 Å². The summed E-state index contributed by atoms with van der Waals surface area (Å²) in [6, 6.07) is 17.3. The van der Waals surface area contributed by atoms with E-state index in [0.717, 1.165) is 11.8 Å². The first kappa shape index (κ1) is 14.6. The number of alkyl halides is 1. The molecule has 0 spiro atoms. The monoisotopic (exact) mass is 290 g/mol. The van der Waals surface area contributed by atoms with Crippen molar-refractivity contribution in [2.75, 3.05) is 6.61 Å². The molecule has 0 aliphatic carbocycles. The summed E-state index contributed by atoms with van der Waals surface area (Å²) in [5, 5.41) is -2.24. The number of carbonyl (C=O) groups excluding carboxylic acids is 1. The number of halogens is 1. The normalized spacial score (nSPS) is 13.5. The van der Waals surface area contributed by atoms with Crippen LogP contribution in [-0.2, 0) is 14.5 Å². The van der Waals surface area contributed by atoms with Gasteiger partial charge in [0, 0.05) is 10.5 Å². The fraction of sp³-hybridized carbons (Fsp3) is 0.188. The second kappa shape index (κ2) is 6.57. The van der Waals surface area contributed by atoms with Crippen molar-refractivity contribution in [3.05, 3.63) is 66.2 Å². The van der Waals surface area contributed by atoms with E-state index in [1.807, 2.05) is 6.07 Å². The molecule has 0 aliphatic heterocycles. The summed E-state index contributed by atoms with van der Waals surface area (Å²) in [7, 11) is 0. The summed E-state index contributed by atoms with van der Waals surface area (Å²) in [5.74, 6) is -0.875. The van der Waals surface area contributed by atoms with Gasteiger partial charge in [0.15, 0.2) is 0 Å². The molecule has 0 amide bonds. The molecule has 0 saturated carbocycles. The van der Waals surface area contributed by atoms with Gasteiger partial charge in [-0.25, -0.2) is 9.18 Å². The van der Waals surface area contributed by atoms with Crippen molar-refractivity contribution >= 4 is 17.7 Å². The summed E-state index contributed by atoms with van der Waals surface area (Å²) < 4.78 is 20.2. The molecule has 20 heavy (non-hydrogen) atoms. The SMILES string of the molecule is CCOC(=O)C(F)(Sc1ccccc1)c1ccccc1. The number of rotatable bonds is 5. The lowest BCUT2D eigenvalue weighted by atomic mass is 10.1. The minimum atomic E-state index is -2.24. The van der Waals surface area contributed by atoms with E-state index in [-0.39, 0.29) is 12.2 Å². The van der Waals surface area contributed by atoms with Gasteiger partial charge in [-0.3, -0.25) is 0 Å². The number of ether oxygens (including phenoxy) is 1. The summed E-state index contributed by atoms with van der Waals surface area (Å²) in [6.45, 7) is 1.81. The number of benzene rings is 2.